The average Bonchev–Trinajstić information content (AvgIpc) is 2.45. The Morgan fingerprint density at radius 3 is 2.08 bits per heavy atom. The van der Waals surface area contributed by atoms with E-state index in [1.807, 2.05) is 0 Å². The highest BCUT2D eigenvalue weighted by Gasteiger charge is 2.22. The summed E-state index contributed by atoms with van der Waals surface area (Å²) in [6.07, 6.45) is 4.57. The van der Waals surface area contributed by atoms with Crippen LogP contribution in [0.1, 0.15) is 31.9 Å². The van der Waals surface area contributed by atoms with Crippen molar-refractivity contribution in [1.29, 1.82) is 0 Å². The minimum absolute atomic E-state index is 0.263. The van der Waals surface area contributed by atoms with Crippen molar-refractivity contribution in [3.8, 4) is 0 Å². The van der Waals surface area contributed by atoms with E-state index < -0.39 is 0 Å². The summed E-state index contributed by atoms with van der Waals surface area (Å²) < 4.78 is 0. The van der Waals surface area contributed by atoms with Crippen molar-refractivity contribution in [2.75, 3.05) is 0 Å². The lowest BCUT2D eigenvalue weighted by molar-refractivity contribution is 0.516. The molecule has 1 aromatic carbocycles. The highest BCUT2D eigenvalue weighted by atomic mass is 14.3. The number of hydrogen-bond donors (Lipinski definition) is 0. The Labute approximate surface area is 80.3 Å². The number of benzene rings is 1. The Kier molecular flexibility index (Phi) is 1.80. The maximum absolute atomic E-state index is 2.29. The molecular formula is C13H15. The largest absolute Gasteiger partial charge is 0.0619 e. The molecule has 0 spiro atoms. The van der Waals surface area contributed by atoms with Crippen molar-refractivity contribution in [1.82, 2.24) is 0 Å². The van der Waals surface area contributed by atoms with Gasteiger partial charge in [-0.05, 0) is 16.5 Å². The molecule has 0 amide bonds. The van der Waals surface area contributed by atoms with Crippen LogP contribution in [0.25, 0.3) is 6.08 Å². The molecule has 0 fully saturated rings. The van der Waals surface area contributed by atoms with Crippen molar-refractivity contribution < 1.29 is 0 Å². The van der Waals surface area contributed by atoms with Gasteiger partial charge in [0.1, 0.15) is 0 Å². The van der Waals surface area contributed by atoms with Crippen LogP contribution >= 0.6 is 0 Å². The Balaban J connectivity index is 2.37. The monoisotopic (exact) mass is 171 g/mol. The smallest absolute Gasteiger partial charge is 0.0169 e. The Bertz CT molecular complexity index is 351. The van der Waals surface area contributed by atoms with Gasteiger partial charge in [-0.15, -0.1) is 0 Å². The molecule has 0 heteroatoms. The molecule has 0 saturated heterocycles. The maximum atomic E-state index is 2.29. The molecule has 1 aliphatic rings. The fourth-order valence-electron chi connectivity index (χ4n) is 1.58. The third-order valence-electron chi connectivity index (χ3n) is 2.48. The standard InChI is InChI=1S/C13H15/c1-13(2,3)12-8-10-6-4-5-7-11(10)9-12/h4-9H,1-3H3. The zero-order valence-electron chi connectivity index (χ0n) is 8.46. The van der Waals surface area contributed by atoms with Gasteiger partial charge in [0.25, 0.3) is 0 Å². The lowest BCUT2D eigenvalue weighted by Gasteiger charge is -2.19. The lowest BCUT2D eigenvalue weighted by Crippen LogP contribution is -2.07. The second-order valence-corrected chi connectivity index (χ2v) is 4.62. The predicted octanol–water partition coefficient (Wildman–Crippen LogP) is 3.68. The zero-order chi connectivity index (χ0) is 9.47. The molecule has 0 nitrogen and oxygen atoms in total. The molecule has 0 saturated carbocycles. The van der Waals surface area contributed by atoms with Gasteiger partial charge >= 0.3 is 0 Å². The molecule has 0 heterocycles. The summed E-state index contributed by atoms with van der Waals surface area (Å²) in [7, 11) is 0. The second kappa shape index (κ2) is 2.73. The van der Waals surface area contributed by atoms with Crippen LogP contribution in [0.2, 0.25) is 0 Å². The summed E-state index contributed by atoms with van der Waals surface area (Å²) in [5.41, 5.74) is 4.40. The first-order valence-electron chi connectivity index (χ1n) is 4.73. The van der Waals surface area contributed by atoms with Crippen LogP contribution in [0.3, 0.4) is 0 Å². The van der Waals surface area contributed by atoms with E-state index in [1.54, 1.807) is 0 Å². The van der Waals surface area contributed by atoms with Crippen LogP contribution in [-0.2, 0) is 0 Å². The summed E-state index contributed by atoms with van der Waals surface area (Å²) in [5, 5.41) is 0. The highest BCUT2D eigenvalue weighted by molar-refractivity contribution is 5.70. The van der Waals surface area contributed by atoms with E-state index in [0.29, 0.717) is 0 Å². The fourth-order valence-corrected chi connectivity index (χ4v) is 1.58. The molecule has 0 atom stereocenters. The van der Waals surface area contributed by atoms with Crippen LogP contribution in [0.15, 0.2) is 29.8 Å². The van der Waals surface area contributed by atoms with Crippen LogP contribution in [0.5, 0.6) is 0 Å². The molecule has 0 unspecified atom stereocenters. The molecular weight excluding hydrogens is 156 g/mol. The normalized spacial score (nSPS) is 15.5. The third kappa shape index (κ3) is 1.53. The number of allylic oxidation sites excluding steroid dienone is 1. The van der Waals surface area contributed by atoms with E-state index in [9.17, 15) is 0 Å². The van der Waals surface area contributed by atoms with Crippen molar-refractivity contribution in [2.45, 2.75) is 20.8 Å². The van der Waals surface area contributed by atoms with Crippen molar-refractivity contribution in [3.63, 3.8) is 0 Å². The van der Waals surface area contributed by atoms with E-state index in [-0.39, 0.29) is 5.41 Å². The van der Waals surface area contributed by atoms with Gasteiger partial charge in [0, 0.05) is 6.42 Å². The highest BCUT2D eigenvalue weighted by Crippen LogP contribution is 2.37. The van der Waals surface area contributed by atoms with Crippen LogP contribution in [0.4, 0.5) is 0 Å². The van der Waals surface area contributed by atoms with Gasteiger partial charge in [0.05, 0.1) is 0 Å². The fraction of sp³-hybridized carbons (Fsp3) is 0.308. The summed E-state index contributed by atoms with van der Waals surface area (Å²) in [5.74, 6) is 0. The van der Waals surface area contributed by atoms with Crippen molar-refractivity contribution in [2.24, 2.45) is 5.41 Å². The van der Waals surface area contributed by atoms with E-state index in [2.05, 4.69) is 57.5 Å². The molecule has 0 bridgehead atoms. The summed E-state index contributed by atoms with van der Waals surface area (Å²) in [4.78, 5) is 0. The van der Waals surface area contributed by atoms with Crippen LogP contribution in [-0.4, -0.2) is 0 Å². The summed E-state index contributed by atoms with van der Waals surface area (Å²) >= 11 is 0. The summed E-state index contributed by atoms with van der Waals surface area (Å²) in [6, 6.07) is 8.53. The van der Waals surface area contributed by atoms with E-state index in [4.69, 9.17) is 0 Å². The van der Waals surface area contributed by atoms with Gasteiger partial charge in [-0.2, -0.15) is 0 Å². The van der Waals surface area contributed by atoms with Gasteiger partial charge in [-0.3, -0.25) is 0 Å². The molecule has 2 rings (SSSR count). The number of rotatable bonds is 0. The van der Waals surface area contributed by atoms with Crippen molar-refractivity contribution in [3.05, 3.63) is 47.4 Å². The minimum atomic E-state index is 0.263. The maximum Gasteiger partial charge on any atom is 0.0169 e. The Morgan fingerprint density at radius 1 is 0.923 bits per heavy atom. The lowest BCUT2D eigenvalue weighted by atomic mass is 9.85. The first-order chi connectivity index (χ1) is 6.07. The Hall–Kier alpha value is -1.04. The first kappa shape index (κ1) is 8.55. The van der Waals surface area contributed by atoms with E-state index >= 15 is 0 Å². The molecule has 0 N–H and O–H groups in total. The van der Waals surface area contributed by atoms with Gasteiger partial charge < -0.3 is 0 Å². The molecule has 0 aliphatic heterocycles. The van der Waals surface area contributed by atoms with Gasteiger partial charge in [0.15, 0.2) is 0 Å². The Morgan fingerprint density at radius 2 is 1.54 bits per heavy atom. The zero-order valence-corrected chi connectivity index (χ0v) is 8.46. The first-order valence-corrected chi connectivity index (χ1v) is 4.73. The number of hydrogen-bond acceptors (Lipinski definition) is 0. The molecule has 0 aromatic heterocycles. The number of fused-ring (bicyclic) bond motifs is 1. The van der Waals surface area contributed by atoms with Crippen molar-refractivity contribution >= 4 is 6.08 Å². The molecule has 1 aliphatic carbocycles. The molecule has 67 valence electrons. The van der Waals surface area contributed by atoms with Gasteiger partial charge in [-0.25, -0.2) is 0 Å². The second-order valence-electron chi connectivity index (χ2n) is 4.62. The SMILES string of the molecule is CC(C)(C)C1=Cc2ccccc2[CH]1. The third-order valence-corrected chi connectivity index (χ3v) is 2.48. The van der Waals surface area contributed by atoms with E-state index in [1.165, 1.54) is 16.7 Å². The van der Waals surface area contributed by atoms with Gasteiger partial charge in [0.2, 0.25) is 0 Å². The average molecular weight is 171 g/mol. The quantitative estimate of drug-likeness (QED) is 0.558. The molecule has 1 radical (unpaired) electrons. The van der Waals surface area contributed by atoms with Crippen LogP contribution in [0, 0.1) is 11.8 Å². The molecule has 1 aromatic rings. The van der Waals surface area contributed by atoms with Gasteiger partial charge in [-0.1, -0.05) is 56.7 Å². The minimum Gasteiger partial charge on any atom is -0.0619 e. The van der Waals surface area contributed by atoms with E-state index in [0.717, 1.165) is 0 Å². The molecule has 13 heavy (non-hydrogen) atoms. The topological polar surface area (TPSA) is 0 Å². The predicted molar refractivity (Wildman–Crippen MR) is 57.3 cm³/mol. The summed E-state index contributed by atoms with van der Waals surface area (Å²) in [6.45, 7) is 6.75. The van der Waals surface area contributed by atoms with Crippen LogP contribution < -0.4 is 0 Å².